The van der Waals surface area contributed by atoms with E-state index in [2.05, 4.69) is 15.6 Å². The molecule has 0 aliphatic rings. The van der Waals surface area contributed by atoms with Crippen molar-refractivity contribution in [3.8, 4) is 11.5 Å². The number of hydrogen-bond donors (Lipinski definition) is 3. The Labute approximate surface area is 143 Å². The first-order valence-electron chi connectivity index (χ1n) is 7.53. The SMILES string of the molecule is O=C(N/N=C\c1ccc(O)cc1O)c1cccc(Cn2cccn2)c1. The van der Waals surface area contributed by atoms with E-state index in [9.17, 15) is 15.0 Å². The van der Waals surface area contributed by atoms with Crippen molar-refractivity contribution in [2.45, 2.75) is 6.54 Å². The van der Waals surface area contributed by atoms with Crippen LogP contribution in [0, 0.1) is 0 Å². The zero-order chi connectivity index (χ0) is 17.6. The molecule has 0 unspecified atom stereocenters. The molecule has 0 aliphatic heterocycles. The first-order chi connectivity index (χ1) is 12.1. The molecule has 0 saturated carbocycles. The molecule has 1 amide bonds. The minimum Gasteiger partial charge on any atom is -0.508 e. The molecule has 1 aromatic heterocycles. The largest absolute Gasteiger partial charge is 0.508 e. The predicted molar refractivity (Wildman–Crippen MR) is 92.6 cm³/mol. The molecule has 0 atom stereocenters. The summed E-state index contributed by atoms with van der Waals surface area (Å²) < 4.78 is 1.77. The fourth-order valence-electron chi connectivity index (χ4n) is 2.26. The number of phenols is 2. The molecule has 7 heteroatoms. The van der Waals surface area contributed by atoms with E-state index in [1.165, 1.54) is 24.4 Å². The zero-order valence-corrected chi connectivity index (χ0v) is 13.2. The fraction of sp³-hybridized carbons (Fsp3) is 0.0556. The lowest BCUT2D eigenvalue weighted by atomic mass is 10.1. The monoisotopic (exact) mass is 336 g/mol. The van der Waals surface area contributed by atoms with Crippen molar-refractivity contribution in [3.05, 3.63) is 77.6 Å². The van der Waals surface area contributed by atoms with Gasteiger partial charge < -0.3 is 10.2 Å². The topological polar surface area (TPSA) is 99.7 Å². The van der Waals surface area contributed by atoms with Gasteiger partial charge in [-0.2, -0.15) is 10.2 Å². The van der Waals surface area contributed by atoms with Gasteiger partial charge in [0.1, 0.15) is 11.5 Å². The molecule has 0 aliphatic carbocycles. The molecule has 7 nitrogen and oxygen atoms in total. The number of carbonyl (C=O) groups is 1. The van der Waals surface area contributed by atoms with Crippen LogP contribution in [-0.2, 0) is 6.54 Å². The van der Waals surface area contributed by atoms with Gasteiger partial charge in [0.05, 0.1) is 12.8 Å². The summed E-state index contributed by atoms with van der Waals surface area (Å²) in [5.74, 6) is -0.538. The number of rotatable bonds is 5. The minimum atomic E-state index is -0.364. The molecular weight excluding hydrogens is 320 g/mol. The maximum atomic E-state index is 12.2. The van der Waals surface area contributed by atoms with Crippen molar-refractivity contribution in [2.75, 3.05) is 0 Å². The van der Waals surface area contributed by atoms with Crippen LogP contribution in [0.25, 0.3) is 0 Å². The normalized spacial score (nSPS) is 10.9. The van der Waals surface area contributed by atoms with Gasteiger partial charge in [-0.3, -0.25) is 9.48 Å². The fourth-order valence-corrected chi connectivity index (χ4v) is 2.26. The van der Waals surface area contributed by atoms with Crippen LogP contribution in [0.3, 0.4) is 0 Å². The quantitative estimate of drug-likeness (QED) is 0.491. The molecule has 0 saturated heterocycles. The van der Waals surface area contributed by atoms with Crippen LogP contribution in [-0.4, -0.2) is 32.1 Å². The van der Waals surface area contributed by atoms with Crippen molar-refractivity contribution >= 4 is 12.1 Å². The van der Waals surface area contributed by atoms with E-state index in [-0.39, 0.29) is 17.4 Å². The summed E-state index contributed by atoms with van der Waals surface area (Å²) in [5, 5.41) is 26.9. The Morgan fingerprint density at radius 3 is 2.84 bits per heavy atom. The van der Waals surface area contributed by atoms with Crippen LogP contribution >= 0.6 is 0 Å². The number of aromatic hydroxyl groups is 2. The van der Waals surface area contributed by atoms with Crippen LogP contribution in [0.2, 0.25) is 0 Å². The van der Waals surface area contributed by atoms with Crippen LogP contribution in [0.4, 0.5) is 0 Å². The number of aromatic nitrogens is 2. The third-order valence-corrected chi connectivity index (χ3v) is 3.48. The first-order valence-corrected chi connectivity index (χ1v) is 7.53. The van der Waals surface area contributed by atoms with Crippen molar-refractivity contribution in [3.63, 3.8) is 0 Å². The highest BCUT2D eigenvalue weighted by atomic mass is 16.3. The number of benzene rings is 2. The van der Waals surface area contributed by atoms with Gasteiger partial charge >= 0.3 is 0 Å². The van der Waals surface area contributed by atoms with Crippen molar-refractivity contribution in [2.24, 2.45) is 5.10 Å². The van der Waals surface area contributed by atoms with Gasteiger partial charge in [-0.05, 0) is 35.9 Å². The van der Waals surface area contributed by atoms with E-state index in [1.807, 2.05) is 18.3 Å². The number of amides is 1. The summed E-state index contributed by atoms with van der Waals surface area (Å²) >= 11 is 0. The second-order valence-corrected chi connectivity index (χ2v) is 5.35. The average molecular weight is 336 g/mol. The Bertz CT molecular complexity index is 904. The number of nitrogens with zero attached hydrogens (tertiary/aromatic N) is 3. The molecule has 126 valence electrons. The van der Waals surface area contributed by atoms with Gasteiger partial charge in [0.15, 0.2) is 0 Å². The van der Waals surface area contributed by atoms with E-state index >= 15 is 0 Å². The summed E-state index contributed by atoms with van der Waals surface area (Å²) in [6, 6.07) is 13.1. The molecule has 3 rings (SSSR count). The smallest absolute Gasteiger partial charge is 0.271 e. The first kappa shape index (κ1) is 16.3. The van der Waals surface area contributed by atoms with Gasteiger partial charge in [0.2, 0.25) is 0 Å². The van der Waals surface area contributed by atoms with E-state index in [4.69, 9.17) is 0 Å². The number of hydrazone groups is 1. The Morgan fingerprint density at radius 2 is 2.08 bits per heavy atom. The summed E-state index contributed by atoms with van der Waals surface area (Å²) in [5.41, 5.74) is 4.20. The molecule has 0 bridgehead atoms. The Hall–Kier alpha value is -3.61. The number of carbonyl (C=O) groups excluding carboxylic acids is 1. The van der Waals surface area contributed by atoms with Crippen molar-refractivity contribution in [1.82, 2.24) is 15.2 Å². The van der Waals surface area contributed by atoms with Gasteiger partial charge in [0, 0.05) is 29.6 Å². The maximum Gasteiger partial charge on any atom is 0.271 e. The van der Waals surface area contributed by atoms with E-state index in [0.29, 0.717) is 17.7 Å². The number of nitrogens with one attached hydrogen (secondary N) is 1. The van der Waals surface area contributed by atoms with Gasteiger partial charge in [-0.25, -0.2) is 5.43 Å². The number of hydrogen-bond acceptors (Lipinski definition) is 5. The third-order valence-electron chi connectivity index (χ3n) is 3.48. The molecule has 1 heterocycles. The summed E-state index contributed by atoms with van der Waals surface area (Å²) in [6.07, 6.45) is 4.85. The summed E-state index contributed by atoms with van der Waals surface area (Å²) in [7, 11) is 0. The van der Waals surface area contributed by atoms with Gasteiger partial charge in [-0.1, -0.05) is 12.1 Å². The summed E-state index contributed by atoms with van der Waals surface area (Å²) in [6.45, 7) is 0.568. The standard InChI is InChI=1S/C18H16N4O3/c23-16-6-5-15(17(24)10-16)11-19-21-18(25)14-4-1-3-13(9-14)12-22-8-2-7-20-22/h1-11,23-24H,12H2,(H,21,25)/b19-11-. The van der Waals surface area contributed by atoms with E-state index < -0.39 is 0 Å². The lowest BCUT2D eigenvalue weighted by Gasteiger charge is -2.05. The highest BCUT2D eigenvalue weighted by Crippen LogP contribution is 2.20. The van der Waals surface area contributed by atoms with Crippen molar-refractivity contribution < 1.29 is 15.0 Å². The maximum absolute atomic E-state index is 12.2. The van der Waals surface area contributed by atoms with Gasteiger partial charge in [-0.15, -0.1) is 0 Å². The Kier molecular flexibility index (Phi) is 4.75. The second kappa shape index (κ2) is 7.31. The highest BCUT2D eigenvalue weighted by Gasteiger charge is 2.06. The second-order valence-electron chi connectivity index (χ2n) is 5.35. The summed E-state index contributed by atoms with van der Waals surface area (Å²) in [4.78, 5) is 12.2. The Morgan fingerprint density at radius 1 is 1.20 bits per heavy atom. The molecule has 3 aromatic rings. The molecule has 25 heavy (non-hydrogen) atoms. The molecule has 0 spiro atoms. The predicted octanol–water partition coefficient (Wildman–Crippen LogP) is 2.11. The molecular formula is C18H16N4O3. The Balaban J connectivity index is 1.65. The zero-order valence-electron chi connectivity index (χ0n) is 13.2. The van der Waals surface area contributed by atoms with E-state index in [1.54, 1.807) is 29.1 Å². The van der Waals surface area contributed by atoms with E-state index in [0.717, 1.165) is 5.56 Å². The van der Waals surface area contributed by atoms with Crippen LogP contribution in [0.5, 0.6) is 11.5 Å². The van der Waals surface area contributed by atoms with Crippen LogP contribution in [0.15, 0.2) is 66.0 Å². The van der Waals surface area contributed by atoms with Crippen molar-refractivity contribution in [1.29, 1.82) is 0 Å². The average Bonchev–Trinajstić information content (AvgIpc) is 3.10. The molecule has 3 N–H and O–H groups in total. The van der Waals surface area contributed by atoms with Crippen LogP contribution < -0.4 is 5.43 Å². The molecule has 0 fully saturated rings. The van der Waals surface area contributed by atoms with Crippen LogP contribution in [0.1, 0.15) is 21.5 Å². The third kappa shape index (κ3) is 4.23. The van der Waals surface area contributed by atoms with Gasteiger partial charge in [0.25, 0.3) is 5.91 Å². The molecule has 0 radical (unpaired) electrons. The lowest BCUT2D eigenvalue weighted by molar-refractivity contribution is 0.0955. The number of phenolic OH excluding ortho intramolecular Hbond substituents is 2. The lowest BCUT2D eigenvalue weighted by Crippen LogP contribution is -2.18. The minimum absolute atomic E-state index is 0.0484. The molecule has 2 aromatic carbocycles. The highest BCUT2D eigenvalue weighted by molar-refractivity contribution is 5.95.